The normalized spacial score (nSPS) is 13.0. The topological polar surface area (TPSA) is 104 Å². The van der Waals surface area contributed by atoms with Crippen molar-refractivity contribution in [1.29, 1.82) is 5.26 Å². The molecular formula is C24H17F3N4O3. The quantitative estimate of drug-likeness (QED) is 0.525. The summed E-state index contributed by atoms with van der Waals surface area (Å²) in [5.41, 5.74) is 1.73. The van der Waals surface area contributed by atoms with E-state index < -0.39 is 12.3 Å². The van der Waals surface area contributed by atoms with Gasteiger partial charge in [-0.2, -0.15) is 5.26 Å². The van der Waals surface area contributed by atoms with Crippen LogP contribution in [0.25, 0.3) is 11.1 Å². The summed E-state index contributed by atoms with van der Waals surface area (Å²) in [7, 11) is 0. The highest BCUT2D eigenvalue weighted by Crippen LogP contribution is 2.32. The number of pyridine rings is 1. The van der Waals surface area contributed by atoms with Gasteiger partial charge in [0.1, 0.15) is 17.4 Å². The number of benzene rings is 2. The summed E-state index contributed by atoms with van der Waals surface area (Å²) in [5, 5.41) is 14.3. The van der Waals surface area contributed by atoms with E-state index >= 15 is 0 Å². The fourth-order valence-corrected chi connectivity index (χ4v) is 3.13. The molecule has 2 aromatic carbocycles. The van der Waals surface area contributed by atoms with Crippen LogP contribution in [0.15, 0.2) is 60.7 Å². The molecule has 1 aliphatic carbocycles. The molecule has 1 saturated carbocycles. The lowest BCUT2D eigenvalue weighted by Gasteiger charge is -2.12. The molecule has 0 aliphatic heterocycles. The number of alkyl halides is 3. The Balaban J connectivity index is 1.61. The number of ether oxygens (including phenoxy) is 1. The molecule has 0 saturated heterocycles. The maximum atomic E-state index is 12.6. The average molecular weight is 466 g/mol. The number of carbonyl (C=O) groups excluding carboxylic acids is 2. The van der Waals surface area contributed by atoms with Gasteiger partial charge >= 0.3 is 6.36 Å². The monoisotopic (exact) mass is 466 g/mol. The molecule has 10 heteroatoms. The zero-order valence-electron chi connectivity index (χ0n) is 17.5. The van der Waals surface area contributed by atoms with E-state index in [0.717, 1.165) is 12.8 Å². The maximum Gasteiger partial charge on any atom is 0.573 e. The molecule has 2 N–H and O–H groups in total. The zero-order valence-corrected chi connectivity index (χ0v) is 17.5. The minimum absolute atomic E-state index is 0.0825. The number of nitrogens with zero attached hydrogens (tertiary/aromatic N) is 2. The first kappa shape index (κ1) is 22.8. The third-order valence-electron chi connectivity index (χ3n) is 4.96. The predicted octanol–water partition coefficient (Wildman–Crippen LogP) is 5.12. The van der Waals surface area contributed by atoms with Crippen LogP contribution in [0, 0.1) is 17.2 Å². The van der Waals surface area contributed by atoms with Crippen molar-refractivity contribution in [3.63, 3.8) is 0 Å². The van der Waals surface area contributed by atoms with E-state index in [1.165, 1.54) is 54.6 Å². The van der Waals surface area contributed by atoms with Crippen LogP contribution in [0.5, 0.6) is 5.75 Å². The number of carbonyl (C=O) groups is 2. The number of aromatic nitrogens is 1. The van der Waals surface area contributed by atoms with Crippen molar-refractivity contribution >= 4 is 23.5 Å². The molecule has 0 bridgehead atoms. The van der Waals surface area contributed by atoms with Crippen molar-refractivity contribution in [1.82, 2.24) is 4.98 Å². The van der Waals surface area contributed by atoms with Gasteiger partial charge in [-0.25, -0.2) is 4.98 Å². The Kier molecular flexibility index (Phi) is 6.19. The molecule has 0 spiro atoms. The Morgan fingerprint density at radius 3 is 2.12 bits per heavy atom. The van der Waals surface area contributed by atoms with Crippen molar-refractivity contribution in [2.24, 2.45) is 5.92 Å². The first-order valence-electron chi connectivity index (χ1n) is 10.2. The molecule has 4 rings (SSSR count). The van der Waals surface area contributed by atoms with E-state index in [2.05, 4.69) is 20.4 Å². The van der Waals surface area contributed by atoms with Gasteiger partial charge in [0.25, 0.3) is 5.91 Å². The Morgan fingerprint density at radius 2 is 1.56 bits per heavy atom. The van der Waals surface area contributed by atoms with Crippen molar-refractivity contribution in [3.05, 3.63) is 71.8 Å². The number of nitrogens with one attached hydrogen (secondary N) is 2. The number of rotatable bonds is 6. The molecule has 2 amide bonds. The van der Waals surface area contributed by atoms with E-state index in [1.807, 2.05) is 6.07 Å². The van der Waals surface area contributed by atoms with Crippen LogP contribution in [0.3, 0.4) is 0 Å². The number of anilines is 2. The highest BCUT2D eigenvalue weighted by atomic mass is 19.4. The first-order valence-corrected chi connectivity index (χ1v) is 10.2. The van der Waals surface area contributed by atoms with Gasteiger partial charge in [0.05, 0.1) is 11.6 Å². The summed E-state index contributed by atoms with van der Waals surface area (Å²) >= 11 is 0. The molecule has 172 valence electrons. The molecule has 1 fully saturated rings. The van der Waals surface area contributed by atoms with Crippen LogP contribution >= 0.6 is 0 Å². The van der Waals surface area contributed by atoms with Gasteiger partial charge in [0.2, 0.25) is 5.91 Å². The molecule has 1 aliphatic rings. The fourth-order valence-electron chi connectivity index (χ4n) is 3.13. The predicted molar refractivity (Wildman–Crippen MR) is 117 cm³/mol. The molecule has 0 unspecified atom stereocenters. The molecule has 1 heterocycles. The number of hydrogen-bond acceptors (Lipinski definition) is 5. The minimum atomic E-state index is -4.80. The summed E-state index contributed by atoms with van der Waals surface area (Å²) in [4.78, 5) is 29.2. The molecule has 34 heavy (non-hydrogen) atoms. The second-order valence-electron chi connectivity index (χ2n) is 7.61. The SMILES string of the molecule is N#Cc1ccc(C(=O)Nc2cc(-c3ccc(OC(F)(F)F)cc3)cc(NC(=O)C3CC3)n2)cc1. The molecular weight excluding hydrogens is 449 g/mol. The second-order valence-corrected chi connectivity index (χ2v) is 7.61. The fraction of sp³-hybridized carbons (Fsp3) is 0.167. The van der Waals surface area contributed by atoms with E-state index in [9.17, 15) is 22.8 Å². The standard InChI is InChI=1S/C24H17F3N4O3/c25-24(26,27)34-19-9-7-15(8-10-19)18-11-20(29-21(12-18)31-23(33)17-5-6-17)30-22(32)16-3-1-14(13-28)2-4-16/h1-4,7-12,17H,5-6H2,(H2,29,30,31,32,33). The van der Waals surface area contributed by atoms with Crippen LogP contribution in [-0.2, 0) is 4.79 Å². The lowest BCUT2D eigenvalue weighted by Crippen LogP contribution is -2.17. The van der Waals surface area contributed by atoms with Crippen LogP contribution in [0.1, 0.15) is 28.8 Å². The summed E-state index contributed by atoms with van der Waals surface area (Å²) in [6, 6.07) is 16.3. The zero-order chi connectivity index (χ0) is 24.3. The van der Waals surface area contributed by atoms with E-state index in [-0.39, 0.29) is 29.2 Å². The Bertz CT molecular complexity index is 1260. The van der Waals surface area contributed by atoms with E-state index in [1.54, 1.807) is 6.07 Å². The summed E-state index contributed by atoms with van der Waals surface area (Å²) in [6.07, 6.45) is -3.23. The van der Waals surface area contributed by atoms with E-state index in [4.69, 9.17) is 5.26 Å². The van der Waals surface area contributed by atoms with Gasteiger partial charge in [-0.05, 0) is 72.5 Å². The molecule has 1 aromatic heterocycles. The van der Waals surface area contributed by atoms with Gasteiger partial charge in [0.15, 0.2) is 0 Å². The molecule has 0 radical (unpaired) electrons. The van der Waals surface area contributed by atoms with Gasteiger partial charge < -0.3 is 15.4 Å². The van der Waals surface area contributed by atoms with Crippen LogP contribution in [0.2, 0.25) is 0 Å². The largest absolute Gasteiger partial charge is 0.573 e. The smallest absolute Gasteiger partial charge is 0.406 e. The molecule has 7 nitrogen and oxygen atoms in total. The Morgan fingerprint density at radius 1 is 0.941 bits per heavy atom. The molecule has 0 atom stereocenters. The summed E-state index contributed by atoms with van der Waals surface area (Å²) < 4.78 is 41.2. The maximum absolute atomic E-state index is 12.6. The highest BCUT2D eigenvalue weighted by molar-refractivity contribution is 6.04. The minimum Gasteiger partial charge on any atom is -0.406 e. The van der Waals surface area contributed by atoms with Crippen molar-refractivity contribution in [2.75, 3.05) is 10.6 Å². The average Bonchev–Trinajstić information content (AvgIpc) is 3.64. The third-order valence-corrected chi connectivity index (χ3v) is 4.96. The first-order chi connectivity index (χ1) is 16.2. The van der Waals surface area contributed by atoms with Crippen LogP contribution in [-0.4, -0.2) is 23.2 Å². The Labute approximate surface area is 192 Å². The van der Waals surface area contributed by atoms with Crippen molar-refractivity contribution in [2.45, 2.75) is 19.2 Å². The summed E-state index contributed by atoms with van der Waals surface area (Å²) in [6.45, 7) is 0. The van der Waals surface area contributed by atoms with Crippen LogP contribution in [0.4, 0.5) is 24.8 Å². The number of amides is 2. The number of nitriles is 1. The second kappa shape index (κ2) is 9.23. The highest BCUT2D eigenvalue weighted by Gasteiger charge is 2.31. The number of halogens is 3. The lowest BCUT2D eigenvalue weighted by molar-refractivity contribution is -0.274. The van der Waals surface area contributed by atoms with Gasteiger partial charge in [0, 0.05) is 11.5 Å². The van der Waals surface area contributed by atoms with E-state index in [0.29, 0.717) is 22.3 Å². The van der Waals surface area contributed by atoms with Crippen molar-refractivity contribution < 1.29 is 27.5 Å². The van der Waals surface area contributed by atoms with Crippen LogP contribution < -0.4 is 15.4 Å². The van der Waals surface area contributed by atoms with Gasteiger partial charge in [-0.1, -0.05) is 12.1 Å². The molecule has 3 aromatic rings. The number of hydrogen-bond donors (Lipinski definition) is 2. The third kappa shape index (κ3) is 5.89. The lowest BCUT2D eigenvalue weighted by atomic mass is 10.1. The Hall–Kier alpha value is -4.39. The van der Waals surface area contributed by atoms with Gasteiger partial charge in [-0.3, -0.25) is 9.59 Å². The summed E-state index contributed by atoms with van der Waals surface area (Å²) in [5.74, 6) is -0.804. The van der Waals surface area contributed by atoms with Gasteiger partial charge in [-0.15, -0.1) is 13.2 Å². The van der Waals surface area contributed by atoms with Crippen molar-refractivity contribution in [3.8, 4) is 22.9 Å².